The maximum Gasteiger partial charge on any atom is 0.416 e. The third-order valence-corrected chi connectivity index (χ3v) is 6.51. The predicted octanol–water partition coefficient (Wildman–Crippen LogP) is 8.35. The lowest BCUT2D eigenvalue weighted by Crippen LogP contribution is -2.05. The molecule has 5 aromatic rings. The van der Waals surface area contributed by atoms with Gasteiger partial charge in [-0.15, -0.1) is 0 Å². The maximum atomic E-state index is 12.9. The van der Waals surface area contributed by atoms with E-state index in [4.69, 9.17) is 21.6 Å². The molecule has 1 N–H and O–H groups in total. The highest BCUT2D eigenvalue weighted by atomic mass is 35.5. The zero-order valence-corrected chi connectivity index (χ0v) is 18.5. The molecule has 33 heavy (non-hydrogen) atoms. The molecule has 0 fully saturated rings. The van der Waals surface area contributed by atoms with Gasteiger partial charge in [0, 0.05) is 10.6 Å². The lowest BCUT2D eigenvalue weighted by molar-refractivity contribution is -0.137. The van der Waals surface area contributed by atoms with E-state index in [-0.39, 0.29) is 0 Å². The van der Waals surface area contributed by atoms with Crippen molar-refractivity contribution in [3.63, 3.8) is 0 Å². The second-order valence-corrected chi connectivity index (χ2v) is 8.74. The van der Waals surface area contributed by atoms with Crippen molar-refractivity contribution in [2.75, 3.05) is 5.32 Å². The van der Waals surface area contributed by atoms with Crippen LogP contribution < -0.4 is 5.32 Å². The molecule has 3 nitrogen and oxygen atoms in total. The summed E-state index contributed by atoms with van der Waals surface area (Å²) < 4.78 is 38.8. The Morgan fingerprint density at radius 2 is 1.36 bits per heavy atom. The summed E-state index contributed by atoms with van der Waals surface area (Å²) in [5.41, 5.74) is 1.14. The summed E-state index contributed by atoms with van der Waals surface area (Å²) >= 11 is 7.69. The van der Waals surface area contributed by atoms with Gasteiger partial charge in [0.25, 0.3) is 0 Å². The zero-order valence-electron chi connectivity index (χ0n) is 16.9. The summed E-state index contributed by atoms with van der Waals surface area (Å²) in [6.45, 7) is 0. The number of aromatic nitrogens is 2. The lowest BCUT2D eigenvalue weighted by atomic mass is 10.1. The Kier molecular flexibility index (Phi) is 5.60. The number of fused-ring (bicyclic) bond motifs is 2. The van der Waals surface area contributed by atoms with E-state index in [0.29, 0.717) is 32.6 Å². The van der Waals surface area contributed by atoms with Crippen LogP contribution in [0.4, 0.5) is 24.7 Å². The minimum atomic E-state index is -4.40. The molecule has 1 heterocycles. The fraction of sp³-hybridized carbons (Fsp3) is 0.0400. The average molecular weight is 482 g/mol. The normalized spacial score (nSPS) is 11.8. The highest BCUT2D eigenvalue weighted by Crippen LogP contribution is 2.38. The number of benzene rings is 4. The van der Waals surface area contributed by atoms with Crippen LogP contribution in [0.1, 0.15) is 5.56 Å². The predicted molar refractivity (Wildman–Crippen MR) is 127 cm³/mol. The van der Waals surface area contributed by atoms with Gasteiger partial charge in [0.15, 0.2) is 5.82 Å². The quantitative estimate of drug-likeness (QED) is 0.262. The Bertz CT molecular complexity index is 1470. The van der Waals surface area contributed by atoms with Gasteiger partial charge < -0.3 is 5.32 Å². The monoisotopic (exact) mass is 481 g/mol. The first-order valence-corrected chi connectivity index (χ1v) is 11.1. The van der Waals surface area contributed by atoms with Gasteiger partial charge in [-0.25, -0.2) is 9.97 Å². The number of halogens is 4. The molecule has 0 saturated heterocycles. The fourth-order valence-electron chi connectivity index (χ4n) is 3.39. The third-order valence-electron chi connectivity index (χ3n) is 5.02. The van der Waals surface area contributed by atoms with Gasteiger partial charge >= 0.3 is 6.18 Å². The zero-order chi connectivity index (χ0) is 23.0. The summed E-state index contributed by atoms with van der Waals surface area (Å²) in [5, 5.41) is 6.32. The van der Waals surface area contributed by atoms with Crippen LogP contribution in [-0.2, 0) is 6.18 Å². The van der Waals surface area contributed by atoms with Crippen LogP contribution >= 0.6 is 23.4 Å². The van der Waals surface area contributed by atoms with E-state index in [1.165, 1.54) is 23.9 Å². The second-order valence-electron chi connectivity index (χ2n) is 7.30. The van der Waals surface area contributed by atoms with Crippen molar-refractivity contribution in [1.29, 1.82) is 0 Å². The summed E-state index contributed by atoms with van der Waals surface area (Å²) in [6.07, 6.45) is -4.40. The minimum Gasteiger partial charge on any atom is -0.338 e. The molecule has 4 aromatic carbocycles. The van der Waals surface area contributed by atoms with Crippen LogP contribution in [0, 0.1) is 0 Å². The molecule has 0 radical (unpaired) electrons. The van der Waals surface area contributed by atoms with Gasteiger partial charge in [-0.2, -0.15) is 13.2 Å². The molecular weight excluding hydrogens is 467 g/mol. The van der Waals surface area contributed by atoms with Crippen molar-refractivity contribution in [3.05, 3.63) is 95.5 Å². The van der Waals surface area contributed by atoms with Crippen LogP contribution in [-0.4, -0.2) is 9.97 Å². The Balaban J connectivity index is 1.60. The number of nitrogens with one attached hydrogen (secondary N) is 1. The third kappa shape index (κ3) is 4.60. The molecular formula is C25H15ClF3N3S. The molecule has 164 valence electrons. The van der Waals surface area contributed by atoms with Gasteiger partial charge in [0.1, 0.15) is 5.03 Å². The van der Waals surface area contributed by atoms with Crippen LogP contribution in [0.3, 0.4) is 0 Å². The molecule has 0 amide bonds. The average Bonchev–Trinajstić information content (AvgIpc) is 2.79. The van der Waals surface area contributed by atoms with E-state index >= 15 is 0 Å². The number of hydrogen-bond acceptors (Lipinski definition) is 4. The first-order chi connectivity index (χ1) is 15.9. The van der Waals surface area contributed by atoms with E-state index in [0.717, 1.165) is 27.8 Å². The first kappa shape index (κ1) is 21.6. The number of rotatable bonds is 4. The fourth-order valence-corrected chi connectivity index (χ4v) is 4.50. The maximum absolute atomic E-state index is 12.9. The lowest BCUT2D eigenvalue weighted by Gasteiger charge is -2.13. The summed E-state index contributed by atoms with van der Waals surface area (Å²) in [6, 6.07) is 24.0. The van der Waals surface area contributed by atoms with Crippen LogP contribution in [0.5, 0.6) is 0 Å². The molecule has 0 aliphatic carbocycles. The molecule has 0 atom stereocenters. The number of nitrogens with zero attached hydrogens (tertiary/aromatic N) is 2. The molecule has 0 unspecified atom stereocenters. The number of alkyl halides is 3. The Labute approximate surface area is 196 Å². The molecule has 8 heteroatoms. The van der Waals surface area contributed by atoms with Gasteiger partial charge in [-0.3, -0.25) is 0 Å². The highest BCUT2D eigenvalue weighted by Gasteiger charge is 2.30. The van der Waals surface area contributed by atoms with Crippen molar-refractivity contribution < 1.29 is 13.2 Å². The topological polar surface area (TPSA) is 37.8 Å². The molecule has 0 saturated carbocycles. The van der Waals surface area contributed by atoms with Gasteiger partial charge in [0.2, 0.25) is 0 Å². The van der Waals surface area contributed by atoms with E-state index in [9.17, 15) is 13.2 Å². The highest BCUT2D eigenvalue weighted by molar-refractivity contribution is 7.99. The van der Waals surface area contributed by atoms with Crippen LogP contribution in [0.2, 0.25) is 5.02 Å². The molecule has 0 bridgehead atoms. The van der Waals surface area contributed by atoms with Crippen molar-refractivity contribution in [2.24, 2.45) is 0 Å². The van der Waals surface area contributed by atoms with Crippen molar-refractivity contribution in [1.82, 2.24) is 9.97 Å². The Hall–Kier alpha value is -3.29. The van der Waals surface area contributed by atoms with Crippen molar-refractivity contribution in [3.8, 4) is 0 Å². The molecule has 1 aromatic heterocycles. The summed E-state index contributed by atoms with van der Waals surface area (Å²) in [7, 11) is 0. The van der Waals surface area contributed by atoms with Crippen molar-refractivity contribution in [2.45, 2.75) is 16.1 Å². The SMILES string of the molecule is FC(F)(F)c1ccc(Nc2nc3cc4ccccc4cc3nc2Sc2ccccc2Cl)cc1. The number of anilines is 2. The summed E-state index contributed by atoms with van der Waals surface area (Å²) in [5.74, 6) is 0.433. The van der Waals surface area contributed by atoms with Gasteiger partial charge in [0.05, 0.1) is 21.6 Å². The summed E-state index contributed by atoms with van der Waals surface area (Å²) in [4.78, 5) is 10.4. The van der Waals surface area contributed by atoms with Gasteiger partial charge in [-0.05, 0) is 59.3 Å². The number of hydrogen-bond donors (Lipinski definition) is 1. The molecule has 5 rings (SSSR count). The van der Waals surface area contributed by atoms with Crippen molar-refractivity contribution >= 4 is 56.7 Å². The molecule has 0 spiro atoms. The van der Waals surface area contributed by atoms with E-state index in [2.05, 4.69) is 5.32 Å². The Morgan fingerprint density at radius 3 is 2.00 bits per heavy atom. The Morgan fingerprint density at radius 1 is 0.758 bits per heavy atom. The van der Waals surface area contributed by atoms with Crippen LogP contribution in [0.15, 0.2) is 94.9 Å². The van der Waals surface area contributed by atoms with Crippen LogP contribution in [0.25, 0.3) is 21.8 Å². The second kappa shape index (κ2) is 8.57. The van der Waals surface area contributed by atoms with E-state index in [1.807, 2.05) is 54.6 Å². The largest absolute Gasteiger partial charge is 0.416 e. The minimum absolute atomic E-state index is 0.433. The van der Waals surface area contributed by atoms with Gasteiger partial charge in [-0.1, -0.05) is 59.8 Å². The van der Waals surface area contributed by atoms with E-state index in [1.54, 1.807) is 6.07 Å². The van der Waals surface area contributed by atoms with E-state index < -0.39 is 11.7 Å². The smallest absolute Gasteiger partial charge is 0.338 e. The first-order valence-electron chi connectivity index (χ1n) is 9.94. The molecule has 0 aliphatic rings. The molecule has 0 aliphatic heterocycles. The standard InChI is InChI=1S/C25H15ClF3N3S/c26-19-7-3-4-8-22(19)33-24-23(30-18-11-9-17(10-12-18)25(27,28)29)31-20-13-15-5-1-2-6-16(15)14-21(20)32-24/h1-14H,(H,30,31).